The highest BCUT2D eigenvalue weighted by molar-refractivity contribution is 5.79. The zero-order valence-electron chi connectivity index (χ0n) is 11.1. The molecule has 0 unspecified atom stereocenters. The third kappa shape index (κ3) is 1.85. The zero-order chi connectivity index (χ0) is 15.1. The Bertz CT molecular complexity index is 1030. The molecule has 1 aromatic carbocycles. The second kappa shape index (κ2) is 4.55. The van der Waals surface area contributed by atoms with Crippen molar-refractivity contribution in [1.29, 1.82) is 0 Å². The van der Waals surface area contributed by atoms with Crippen molar-refractivity contribution in [3.63, 3.8) is 0 Å². The van der Waals surface area contributed by atoms with E-state index in [1.807, 2.05) is 6.20 Å². The molecule has 0 saturated carbocycles. The number of benzene rings is 1. The average Bonchev–Trinajstić information content (AvgIpc) is 2.97. The molecule has 0 fully saturated rings. The normalized spacial score (nSPS) is 11.1. The summed E-state index contributed by atoms with van der Waals surface area (Å²) >= 11 is 0. The molecule has 4 rings (SSSR count). The van der Waals surface area contributed by atoms with Gasteiger partial charge in [0.05, 0.1) is 34.0 Å². The maximum Gasteiger partial charge on any atom is 0.271 e. The first-order chi connectivity index (χ1) is 10.7. The first-order valence-corrected chi connectivity index (χ1v) is 6.42. The number of nitro benzene ring substituents is 1. The summed E-state index contributed by atoms with van der Waals surface area (Å²) in [5.74, 6) is 0.554. The quantitative estimate of drug-likeness (QED) is 0.415. The standard InChI is InChI=1S/C14H8N6O2/c21-20(22)9-2-3-10-11(6-9)18-12(7-16-10)13-8-17-14-15-4-1-5-19(13)14/h1-8H. The predicted molar refractivity (Wildman–Crippen MR) is 78.2 cm³/mol. The lowest BCUT2D eigenvalue weighted by Gasteiger charge is -2.02. The lowest BCUT2D eigenvalue weighted by atomic mass is 10.2. The molecular weight excluding hydrogens is 284 g/mol. The van der Waals surface area contributed by atoms with E-state index in [4.69, 9.17) is 0 Å². The van der Waals surface area contributed by atoms with Gasteiger partial charge in [-0.15, -0.1) is 0 Å². The molecule has 0 aliphatic heterocycles. The van der Waals surface area contributed by atoms with Crippen LogP contribution in [0.25, 0.3) is 28.2 Å². The summed E-state index contributed by atoms with van der Waals surface area (Å²) in [5.41, 5.74) is 2.35. The highest BCUT2D eigenvalue weighted by Gasteiger charge is 2.11. The van der Waals surface area contributed by atoms with Crippen molar-refractivity contribution in [2.24, 2.45) is 0 Å². The van der Waals surface area contributed by atoms with Crippen molar-refractivity contribution < 1.29 is 4.92 Å². The molecule has 106 valence electrons. The minimum atomic E-state index is -0.452. The van der Waals surface area contributed by atoms with Gasteiger partial charge < -0.3 is 0 Å². The molecule has 0 bridgehead atoms. The number of non-ortho nitro benzene ring substituents is 1. The van der Waals surface area contributed by atoms with Crippen molar-refractivity contribution in [3.05, 3.63) is 59.2 Å². The van der Waals surface area contributed by atoms with Crippen LogP contribution in [-0.4, -0.2) is 29.3 Å². The molecule has 8 heteroatoms. The van der Waals surface area contributed by atoms with Gasteiger partial charge in [0, 0.05) is 24.5 Å². The lowest BCUT2D eigenvalue weighted by molar-refractivity contribution is -0.384. The van der Waals surface area contributed by atoms with Gasteiger partial charge >= 0.3 is 0 Å². The first-order valence-electron chi connectivity index (χ1n) is 6.42. The minimum absolute atomic E-state index is 0.0150. The molecule has 0 N–H and O–H groups in total. The molecule has 0 saturated heterocycles. The summed E-state index contributed by atoms with van der Waals surface area (Å²) in [6.07, 6.45) is 6.74. The average molecular weight is 292 g/mol. The van der Waals surface area contributed by atoms with Crippen LogP contribution in [0.5, 0.6) is 0 Å². The summed E-state index contributed by atoms with van der Waals surface area (Å²) < 4.78 is 1.78. The smallest absolute Gasteiger partial charge is 0.271 e. The van der Waals surface area contributed by atoms with Crippen LogP contribution in [0.3, 0.4) is 0 Å². The maximum absolute atomic E-state index is 10.9. The SMILES string of the molecule is O=[N+]([O-])c1ccc2ncc(-c3cnc4ncccn34)nc2c1. The predicted octanol–water partition coefficient (Wildman–Crippen LogP) is 2.25. The van der Waals surface area contributed by atoms with Gasteiger partial charge in [0.2, 0.25) is 5.78 Å². The fourth-order valence-corrected chi connectivity index (χ4v) is 2.25. The van der Waals surface area contributed by atoms with E-state index in [-0.39, 0.29) is 5.69 Å². The van der Waals surface area contributed by atoms with Gasteiger partial charge in [-0.3, -0.25) is 19.5 Å². The van der Waals surface area contributed by atoms with Gasteiger partial charge in [0.25, 0.3) is 5.69 Å². The van der Waals surface area contributed by atoms with Crippen LogP contribution in [-0.2, 0) is 0 Å². The monoisotopic (exact) mass is 292 g/mol. The summed E-state index contributed by atoms with van der Waals surface area (Å²) in [7, 11) is 0. The van der Waals surface area contributed by atoms with E-state index in [0.29, 0.717) is 22.5 Å². The summed E-state index contributed by atoms with van der Waals surface area (Å²) in [4.78, 5) is 27.5. The molecule has 8 nitrogen and oxygen atoms in total. The molecular formula is C14H8N6O2. The third-order valence-electron chi connectivity index (χ3n) is 3.29. The van der Waals surface area contributed by atoms with E-state index in [1.165, 1.54) is 12.1 Å². The van der Waals surface area contributed by atoms with Gasteiger partial charge in [-0.2, -0.15) is 0 Å². The molecule has 4 aromatic rings. The number of hydrogen-bond acceptors (Lipinski definition) is 6. The van der Waals surface area contributed by atoms with Gasteiger partial charge in [-0.05, 0) is 12.1 Å². The Hall–Kier alpha value is -3.42. The molecule has 3 aromatic heterocycles. The van der Waals surface area contributed by atoms with Crippen LogP contribution in [0, 0.1) is 10.1 Å². The number of hydrogen-bond donors (Lipinski definition) is 0. The molecule has 0 spiro atoms. The Morgan fingerprint density at radius 3 is 2.86 bits per heavy atom. The van der Waals surface area contributed by atoms with Crippen LogP contribution < -0.4 is 0 Å². The third-order valence-corrected chi connectivity index (χ3v) is 3.29. The Morgan fingerprint density at radius 2 is 2.00 bits per heavy atom. The maximum atomic E-state index is 10.9. The molecule has 0 amide bonds. The number of nitro groups is 1. The van der Waals surface area contributed by atoms with Crippen LogP contribution in [0.2, 0.25) is 0 Å². The number of aromatic nitrogens is 5. The van der Waals surface area contributed by atoms with Gasteiger partial charge in [0.1, 0.15) is 5.69 Å². The number of rotatable bonds is 2. The second-order valence-corrected chi connectivity index (χ2v) is 4.62. The van der Waals surface area contributed by atoms with E-state index in [2.05, 4.69) is 19.9 Å². The molecule has 22 heavy (non-hydrogen) atoms. The fourth-order valence-electron chi connectivity index (χ4n) is 2.25. The van der Waals surface area contributed by atoms with Crippen molar-refractivity contribution in [2.45, 2.75) is 0 Å². The van der Waals surface area contributed by atoms with Crippen molar-refractivity contribution in [3.8, 4) is 11.4 Å². The minimum Gasteiger partial charge on any atom is -0.282 e. The summed E-state index contributed by atoms with van der Waals surface area (Å²) in [5, 5.41) is 10.9. The molecule has 3 heterocycles. The van der Waals surface area contributed by atoms with Crippen LogP contribution in [0.1, 0.15) is 0 Å². The summed E-state index contributed by atoms with van der Waals surface area (Å²) in [6, 6.07) is 6.19. The van der Waals surface area contributed by atoms with E-state index in [0.717, 1.165) is 5.69 Å². The van der Waals surface area contributed by atoms with Gasteiger partial charge in [-0.1, -0.05) is 0 Å². The highest BCUT2D eigenvalue weighted by atomic mass is 16.6. The fraction of sp³-hybridized carbons (Fsp3) is 0. The molecule has 0 aliphatic rings. The summed E-state index contributed by atoms with van der Waals surface area (Å²) in [6.45, 7) is 0. The van der Waals surface area contributed by atoms with Crippen LogP contribution in [0.4, 0.5) is 5.69 Å². The van der Waals surface area contributed by atoms with Crippen LogP contribution in [0.15, 0.2) is 49.1 Å². The number of fused-ring (bicyclic) bond motifs is 2. The Labute approximate surface area is 123 Å². The number of imidazole rings is 1. The first kappa shape index (κ1) is 12.3. The van der Waals surface area contributed by atoms with E-state index >= 15 is 0 Å². The van der Waals surface area contributed by atoms with E-state index < -0.39 is 4.92 Å². The Kier molecular flexibility index (Phi) is 2.55. The van der Waals surface area contributed by atoms with Crippen LogP contribution >= 0.6 is 0 Å². The topological polar surface area (TPSA) is 99.1 Å². The largest absolute Gasteiger partial charge is 0.282 e. The van der Waals surface area contributed by atoms with Gasteiger partial charge in [0.15, 0.2) is 0 Å². The molecule has 0 aliphatic carbocycles. The second-order valence-electron chi connectivity index (χ2n) is 4.62. The highest BCUT2D eigenvalue weighted by Crippen LogP contribution is 2.22. The Balaban J connectivity index is 1.93. The number of nitrogens with zero attached hydrogens (tertiary/aromatic N) is 6. The molecule has 0 radical (unpaired) electrons. The van der Waals surface area contributed by atoms with E-state index in [1.54, 1.807) is 35.1 Å². The van der Waals surface area contributed by atoms with Crippen molar-refractivity contribution >= 4 is 22.5 Å². The van der Waals surface area contributed by atoms with E-state index in [9.17, 15) is 10.1 Å². The molecule has 0 atom stereocenters. The van der Waals surface area contributed by atoms with Crippen molar-refractivity contribution in [2.75, 3.05) is 0 Å². The van der Waals surface area contributed by atoms with Gasteiger partial charge in [-0.25, -0.2) is 15.0 Å². The van der Waals surface area contributed by atoms with Crippen molar-refractivity contribution in [1.82, 2.24) is 24.3 Å². The zero-order valence-corrected chi connectivity index (χ0v) is 11.1. The Morgan fingerprint density at radius 1 is 1.09 bits per heavy atom. The lowest BCUT2D eigenvalue weighted by Crippen LogP contribution is -1.94.